The van der Waals surface area contributed by atoms with Crippen molar-refractivity contribution < 1.29 is 4.74 Å². The highest BCUT2D eigenvalue weighted by molar-refractivity contribution is 5.75. The first-order valence-electron chi connectivity index (χ1n) is 5.71. The molecule has 3 atom stereocenters. The lowest BCUT2D eigenvalue weighted by Crippen LogP contribution is -2.45. The van der Waals surface area contributed by atoms with Gasteiger partial charge in [-0.3, -0.25) is 0 Å². The van der Waals surface area contributed by atoms with Crippen LogP contribution in [0.1, 0.15) is 33.1 Å². The maximum atomic E-state index is 5.39. The zero-order valence-corrected chi connectivity index (χ0v) is 9.12. The highest BCUT2D eigenvalue weighted by Gasteiger charge is 2.29. The van der Waals surface area contributed by atoms with Gasteiger partial charge in [0.05, 0.1) is 6.54 Å². The summed E-state index contributed by atoms with van der Waals surface area (Å²) in [6, 6.07) is 1.33. The van der Waals surface area contributed by atoms with Crippen molar-refractivity contribution in [2.75, 3.05) is 13.2 Å². The lowest BCUT2D eigenvalue weighted by molar-refractivity contribution is 0.215. The van der Waals surface area contributed by atoms with E-state index in [4.69, 9.17) is 4.74 Å². The standard InChI is InChI=1S/C11H20N2O/c1-8-4-3-5-9(2)10(8)13-11-12-6-7-14-11/h8-10H,3-7H2,1-2H3,(H,12,13)/t8-,9+,10?. The van der Waals surface area contributed by atoms with Crippen molar-refractivity contribution >= 4 is 6.02 Å². The van der Waals surface area contributed by atoms with Crippen molar-refractivity contribution in [3.05, 3.63) is 0 Å². The van der Waals surface area contributed by atoms with Crippen LogP contribution in [0.25, 0.3) is 0 Å². The molecule has 1 saturated carbocycles. The van der Waals surface area contributed by atoms with E-state index in [1.165, 1.54) is 19.3 Å². The molecular weight excluding hydrogens is 176 g/mol. The molecule has 0 aromatic rings. The largest absolute Gasteiger partial charge is 0.463 e. The Balaban J connectivity index is 1.93. The lowest BCUT2D eigenvalue weighted by atomic mass is 9.79. The summed E-state index contributed by atoms with van der Waals surface area (Å²) in [5, 5.41) is 3.45. The molecule has 1 aliphatic heterocycles. The van der Waals surface area contributed by atoms with Gasteiger partial charge >= 0.3 is 0 Å². The van der Waals surface area contributed by atoms with Crippen molar-refractivity contribution in [2.45, 2.75) is 39.2 Å². The van der Waals surface area contributed by atoms with Crippen LogP contribution in [0.5, 0.6) is 0 Å². The van der Waals surface area contributed by atoms with Crippen LogP contribution >= 0.6 is 0 Å². The fraction of sp³-hybridized carbons (Fsp3) is 0.909. The van der Waals surface area contributed by atoms with E-state index in [9.17, 15) is 0 Å². The Morgan fingerprint density at radius 2 is 2.00 bits per heavy atom. The third kappa shape index (κ3) is 2.02. The molecule has 1 aliphatic carbocycles. The molecule has 0 bridgehead atoms. The van der Waals surface area contributed by atoms with Gasteiger partial charge in [0.1, 0.15) is 6.61 Å². The highest BCUT2D eigenvalue weighted by Crippen LogP contribution is 2.28. The molecule has 0 aromatic carbocycles. The number of rotatable bonds is 1. The van der Waals surface area contributed by atoms with E-state index in [-0.39, 0.29) is 0 Å². The first-order valence-corrected chi connectivity index (χ1v) is 5.71. The van der Waals surface area contributed by atoms with Crippen molar-refractivity contribution in [3.63, 3.8) is 0 Å². The minimum absolute atomic E-state index is 0.556. The van der Waals surface area contributed by atoms with Crippen LogP contribution in [0.15, 0.2) is 4.99 Å². The van der Waals surface area contributed by atoms with Crippen LogP contribution in [0.4, 0.5) is 0 Å². The number of aliphatic imine (C=N–C) groups is 1. The van der Waals surface area contributed by atoms with E-state index >= 15 is 0 Å². The summed E-state index contributed by atoms with van der Waals surface area (Å²) in [4.78, 5) is 4.28. The first-order chi connectivity index (χ1) is 6.77. The van der Waals surface area contributed by atoms with Crippen molar-refractivity contribution in [2.24, 2.45) is 16.8 Å². The monoisotopic (exact) mass is 196 g/mol. The van der Waals surface area contributed by atoms with Crippen molar-refractivity contribution in [1.82, 2.24) is 5.32 Å². The molecular formula is C11H20N2O. The second-order valence-electron chi connectivity index (χ2n) is 4.59. The molecule has 3 heteroatoms. The summed E-state index contributed by atoms with van der Waals surface area (Å²) in [6.07, 6.45) is 4.03. The minimum Gasteiger partial charge on any atom is -0.463 e. The van der Waals surface area contributed by atoms with E-state index in [1.54, 1.807) is 0 Å². The maximum absolute atomic E-state index is 5.39. The van der Waals surface area contributed by atoms with Gasteiger partial charge in [0.25, 0.3) is 6.02 Å². The number of hydrogen-bond donors (Lipinski definition) is 1. The first kappa shape index (κ1) is 9.81. The molecule has 0 saturated heterocycles. The second-order valence-corrected chi connectivity index (χ2v) is 4.59. The zero-order chi connectivity index (χ0) is 9.97. The number of nitrogens with one attached hydrogen (secondary N) is 1. The molecule has 0 amide bonds. The molecule has 1 heterocycles. The van der Waals surface area contributed by atoms with Gasteiger partial charge in [0.15, 0.2) is 0 Å². The Labute approximate surface area is 85.9 Å². The van der Waals surface area contributed by atoms with Gasteiger partial charge in [0.2, 0.25) is 0 Å². The van der Waals surface area contributed by atoms with Gasteiger partial charge in [-0.15, -0.1) is 0 Å². The van der Waals surface area contributed by atoms with E-state index in [1.807, 2.05) is 0 Å². The van der Waals surface area contributed by atoms with E-state index in [0.717, 1.165) is 31.0 Å². The average Bonchev–Trinajstić information content (AvgIpc) is 2.64. The van der Waals surface area contributed by atoms with Gasteiger partial charge in [-0.05, 0) is 24.7 Å². The molecule has 0 radical (unpaired) electrons. The predicted octanol–water partition coefficient (Wildman–Crippen LogP) is 1.79. The van der Waals surface area contributed by atoms with E-state index in [0.29, 0.717) is 6.04 Å². The Morgan fingerprint density at radius 3 is 2.57 bits per heavy atom. The number of amidine groups is 1. The third-order valence-corrected chi connectivity index (χ3v) is 3.42. The summed E-state index contributed by atoms with van der Waals surface area (Å²) in [7, 11) is 0. The zero-order valence-electron chi connectivity index (χ0n) is 9.12. The molecule has 2 aliphatic rings. The van der Waals surface area contributed by atoms with Gasteiger partial charge in [-0.1, -0.05) is 20.3 Å². The number of hydrogen-bond acceptors (Lipinski definition) is 3. The van der Waals surface area contributed by atoms with Gasteiger partial charge in [-0.2, -0.15) is 0 Å². The fourth-order valence-electron chi connectivity index (χ4n) is 2.53. The molecule has 2 rings (SSSR count). The summed E-state index contributed by atoms with van der Waals surface area (Å²) in [6.45, 7) is 6.21. The van der Waals surface area contributed by atoms with Gasteiger partial charge in [-0.25, -0.2) is 4.99 Å². The number of nitrogens with zero attached hydrogens (tertiary/aromatic N) is 1. The summed E-state index contributed by atoms with van der Waals surface area (Å²) in [5.74, 6) is 1.48. The van der Waals surface area contributed by atoms with Gasteiger partial charge in [0, 0.05) is 6.04 Å². The van der Waals surface area contributed by atoms with E-state index in [2.05, 4.69) is 24.2 Å². The van der Waals surface area contributed by atoms with Crippen LogP contribution in [0, 0.1) is 11.8 Å². The smallest absolute Gasteiger partial charge is 0.285 e. The highest BCUT2D eigenvalue weighted by atomic mass is 16.5. The molecule has 1 fully saturated rings. The maximum Gasteiger partial charge on any atom is 0.285 e. The predicted molar refractivity (Wildman–Crippen MR) is 57.4 cm³/mol. The molecule has 0 aromatic heterocycles. The van der Waals surface area contributed by atoms with Crippen LogP contribution in [0.2, 0.25) is 0 Å². The molecule has 0 spiro atoms. The minimum atomic E-state index is 0.556. The Kier molecular flexibility index (Phi) is 2.94. The third-order valence-electron chi connectivity index (χ3n) is 3.42. The van der Waals surface area contributed by atoms with Crippen LogP contribution in [-0.4, -0.2) is 25.2 Å². The van der Waals surface area contributed by atoms with Crippen LogP contribution in [0.3, 0.4) is 0 Å². The number of ether oxygens (including phenoxy) is 1. The SMILES string of the molecule is C[C@@H]1CCC[C@H](C)C1NC1=NCCO1. The normalized spacial score (nSPS) is 37.6. The van der Waals surface area contributed by atoms with E-state index < -0.39 is 0 Å². The van der Waals surface area contributed by atoms with Gasteiger partial charge < -0.3 is 10.1 Å². The molecule has 3 nitrogen and oxygen atoms in total. The molecule has 1 unspecified atom stereocenters. The Morgan fingerprint density at radius 1 is 1.29 bits per heavy atom. The van der Waals surface area contributed by atoms with Crippen molar-refractivity contribution in [3.8, 4) is 0 Å². The molecule has 80 valence electrons. The quantitative estimate of drug-likeness (QED) is 0.693. The summed E-state index contributed by atoms with van der Waals surface area (Å²) >= 11 is 0. The van der Waals surface area contributed by atoms with Crippen molar-refractivity contribution in [1.29, 1.82) is 0 Å². The van der Waals surface area contributed by atoms with Crippen LogP contribution in [-0.2, 0) is 4.74 Å². The summed E-state index contributed by atoms with van der Waals surface area (Å²) < 4.78 is 5.39. The topological polar surface area (TPSA) is 33.6 Å². The Bertz CT molecular complexity index is 217. The molecule has 14 heavy (non-hydrogen) atoms. The Hall–Kier alpha value is -0.730. The molecule has 1 N–H and O–H groups in total. The second kappa shape index (κ2) is 4.20. The average molecular weight is 196 g/mol. The fourth-order valence-corrected chi connectivity index (χ4v) is 2.53. The lowest BCUT2D eigenvalue weighted by Gasteiger charge is -2.35. The van der Waals surface area contributed by atoms with Crippen LogP contribution < -0.4 is 5.32 Å². The summed E-state index contributed by atoms with van der Waals surface area (Å²) in [5.41, 5.74) is 0.